The van der Waals surface area contributed by atoms with E-state index >= 15 is 0 Å². The Morgan fingerprint density at radius 2 is 1.90 bits per heavy atom. The van der Waals surface area contributed by atoms with Crippen LogP contribution in [-0.2, 0) is 5.41 Å². The Kier molecular flexibility index (Phi) is 4.48. The molecule has 1 amide bonds. The van der Waals surface area contributed by atoms with Crippen LogP contribution in [0.1, 0.15) is 48.4 Å². The van der Waals surface area contributed by atoms with Gasteiger partial charge in [0.15, 0.2) is 0 Å². The van der Waals surface area contributed by atoms with Crippen molar-refractivity contribution < 1.29 is 14.3 Å². The normalized spacial score (nSPS) is 13.0. The Balaban J connectivity index is 1.94. The number of nitrogens with one attached hydrogen (secondary N) is 1. The maximum Gasteiger partial charge on any atom is 0.254 e. The summed E-state index contributed by atoms with van der Waals surface area (Å²) in [5, 5.41) is 12.8. The minimum atomic E-state index is -0.727. The van der Waals surface area contributed by atoms with Gasteiger partial charge in [0.1, 0.15) is 6.26 Å². The first kappa shape index (κ1) is 15.3. The zero-order valence-electron chi connectivity index (χ0n) is 12.6. The largest absolute Gasteiger partial charge is 0.472 e. The van der Waals surface area contributed by atoms with Gasteiger partial charge in [0.05, 0.1) is 17.9 Å². The van der Waals surface area contributed by atoms with Crippen molar-refractivity contribution in [2.24, 2.45) is 0 Å². The van der Waals surface area contributed by atoms with Gasteiger partial charge in [-0.25, -0.2) is 0 Å². The first-order valence-corrected chi connectivity index (χ1v) is 6.97. The first-order valence-electron chi connectivity index (χ1n) is 6.97. The van der Waals surface area contributed by atoms with Gasteiger partial charge in [-0.3, -0.25) is 4.79 Å². The van der Waals surface area contributed by atoms with Crippen LogP contribution in [0, 0.1) is 0 Å². The van der Waals surface area contributed by atoms with Crippen LogP contribution in [0.15, 0.2) is 47.3 Å². The molecular formula is C17H21NO3. The zero-order valence-corrected chi connectivity index (χ0v) is 12.6. The molecular weight excluding hydrogens is 266 g/mol. The third-order valence-corrected chi connectivity index (χ3v) is 3.40. The summed E-state index contributed by atoms with van der Waals surface area (Å²) in [6.45, 7) is 6.59. The Morgan fingerprint density at radius 1 is 1.24 bits per heavy atom. The van der Waals surface area contributed by atoms with E-state index in [1.165, 1.54) is 18.1 Å². The van der Waals surface area contributed by atoms with Crippen LogP contribution in [-0.4, -0.2) is 17.6 Å². The molecule has 0 radical (unpaired) electrons. The van der Waals surface area contributed by atoms with Crippen LogP contribution >= 0.6 is 0 Å². The summed E-state index contributed by atoms with van der Waals surface area (Å²) >= 11 is 0. The van der Waals surface area contributed by atoms with E-state index in [4.69, 9.17) is 4.42 Å². The Labute approximate surface area is 124 Å². The highest BCUT2D eigenvalue weighted by molar-refractivity contribution is 5.93. The fraction of sp³-hybridized carbons (Fsp3) is 0.353. The fourth-order valence-electron chi connectivity index (χ4n) is 2.01. The van der Waals surface area contributed by atoms with Crippen molar-refractivity contribution in [3.63, 3.8) is 0 Å². The average molecular weight is 287 g/mol. The molecule has 0 spiro atoms. The predicted molar refractivity (Wildman–Crippen MR) is 81.1 cm³/mol. The van der Waals surface area contributed by atoms with E-state index in [2.05, 4.69) is 26.1 Å². The first-order chi connectivity index (χ1) is 9.88. The maximum absolute atomic E-state index is 11.7. The molecule has 0 saturated carbocycles. The second-order valence-electron chi connectivity index (χ2n) is 6.11. The molecule has 0 aliphatic rings. The van der Waals surface area contributed by atoms with Gasteiger partial charge in [0, 0.05) is 6.54 Å². The lowest BCUT2D eigenvalue weighted by molar-refractivity contribution is 0.0915. The molecule has 1 atom stereocenters. The Morgan fingerprint density at radius 3 is 2.43 bits per heavy atom. The summed E-state index contributed by atoms with van der Waals surface area (Å²) in [6.07, 6.45) is 2.09. The number of carbonyl (C=O) groups excluding carboxylic acids is 1. The smallest absolute Gasteiger partial charge is 0.254 e. The van der Waals surface area contributed by atoms with Crippen molar-refractivity contribution in [3.05, 3.63) is 59.5 Å². The second kappa shape index (κ2) is 6.14. The number of hydrogen-bond acceptors (Lipinski definition) is 3. The molecule has 2 aromatic rings. The zero-order chi connectivity index (χ0) is 15.5. The second-order valence-corrected chi connectivity index (χ2v) is 6.11. The Hall–Kier alpha value is -2.07. The highest BCUT2D eigenvalue weighted by atomic mass is 16.3. The minimum absolute atomic E-state index is 0.0823. The molecule has 112 valence electrons. The van der Waals surface area contributed by atoms with Crippen molar-refractivity contribution >= 4 is 5.91 Å². The summed E-state index contributed by atoms with van der Waals surface area (Å²) in [6, 6.07) is 9.40. The van der Waals surface area contributed by atoms with Crippen molar-refractivity contribution in [2.75, 3.05) is 6.54 Å². The molecule has 0 saturated heterocycles. The molecule has 1 heterocycles. The highest BCUT2D eigenvalue weighted by Crippen LogP contribution is 2.23. The lowest BCUT2D eigenvalue weighted by Gasteiger charge is -2.20. The monoisotopic (exact) mass is 287 g/mol. The lowest BCUT2D eigenvalue weighted by Crippen LogP contribution is -2.28. The number of aliphatic hydroxyl groups excluding tert-OH is 1. The van der Waals surface area contributed by atoms with Crippen molar-refractivity contribution in [3.8, 4) is 0 Å². The van der Waals surface area contributed by atoms with Crippen molar-refractivity contribution in [1.82, 2.24) is 5.32 Å². The average Bonchev–Trinajstić information content (AvgIpc) is 2.98. The summed E-state index contributed by atoms with van der Waals surface area (Å²) in [4.78, 5) is 11.7. The molecule has 0 aliphatic heterocycles. The molecule has 0 bridgehead atoms. The summed E-state index contributed by atoms with van der Waals surface area (Å²) in [7, 11) is 0. The SMILES string of the molecule is CC(C)(C)c1ccc(C(O)CNC(=O)c2ccoc2)cc1. The van der Waals surface area contributed by atoms with Crippen LogP contribution < -0.4 is 5.32 Å². The molecule has 0 fully saturated rings. The van der Waals surface area contributed by atoms with Gasteiger partial charge in [-0.05, 0) is 22.6 Å². The van der Waals surface area contributed by atoms with Gasteiger partial charge in [-0.2, -0.15) is 0 Å². The fourth-order valence-corrected chi connectivity index (χ4v) is 2.01. The van der Waals surface area contributed by atoms with Gasteiger partial charge in [-0.15, -0.1) is 0 Å². The molecule has 1 aromatic heterocycles. The number of benzene rings is 1. The van der Waals surface area contributed by atoms with Crippen LogP contribution in [0.5, 0.6) is 0 Å². The van der Waals surface area contributed by atoms with Crippen LogP contribution in [0.4, 0.5) is 0 Å². The van der Waals surface area contributed by atoms with Gasteiger partial charge in [0.25, 0.3) is 5.91 Å². The van der Waals surface area contributed by atoms with Crippen LogP contribution in [0.2, 0.25) is 0 Å². The van der Waals surface area contributed by atoms with E-state index in [0.717, 1.165) is 5.56 Å². The minimum Gasteiger partial charge on any atom is -0.472 e. The van der Waals surface area contributed by atoms with Gasteiger partial charge < -0.3 is 14.8 Å². The quantitative estimate of drug-likeness (QED) is 0.908. The van der Waals surface area contributed by atoms with E-state index in [1.807, 2.05) is 24.3 Å². The Bertz CT molecular complexity index is 579. The molecule has 4 heteroatoms. The molecule has 21 heavy (non-hydrogen) atoms. The topological polar surface area (TPSA) is 62.5 Å². The summed E-state index contributed by atoms with van der Waals surface area (Å²) in [5.74, 6) is -0.255. The maximum atomic E-state index is 11.7. The number of aliphatic hydroxyl groups is 1. The van der Waals surface area contributed by atoms with E-state index in [-0.39, 0.29) is 17.9 Å². The molecule has 0 aliphatic carbocycles. The van der Waals surface area contributed by atoms with E-state index in [9.17, 15) is 9.90 Å². The summed E-state index contributed by atoms with van der Waals surface area (Å²) in [5.41, 5.74) is 2.53. The highest BCUT2D eigenvalue weighted by Gasteiger charge is 2.15. The number of hydrogen-bond donors (Lipinski definition) is 2. The van der Waals surface area contributed by atoms with Crippen LogP contribution in [0.3, 0.4) is 0 Å². The third-order valence-electron chi connectivity index (χ3n) is 3.40. The van der Waals surface area contributed by atoms with Crippen molar-refractivity contribution in [1.29, 1.82) is 0 Å². The van der Waals surface area contributed by atoms with Gasteiger partial charge >= 0.3 is 0 Å². The summed E-state index contributed by atoms with van der Waals surface area (Å²) < 4.78 is 4.85. The number of furan rings is 1. The van der Waals surface area contributed by atoms with Gasteiger partial charge in [-0.1, -0.05) is 45.0 Å². The molecule has 4 nitrogen and oxygen atoms in total. The lowest BCUT2D eigenvalue weighted by atomic mass is 9.86. The molecule has 2 rings (SSSR count). The van der Waals surface area contributed by atoms with Gasteiger partial charge in [0.2, 0.25) is 0 Å². The molecule has 2 N–H and O–H groups in total. The third kappa shape index (κ3) is 3.95. The molecule has 1 unspecified atom stereocenters. The van der Waals surface area contributed by atoms with E-state index < -0.39 is 6.10 Å². The number of rotatable bonds is 4. The van der Waals surface area contributed by atoms with Crippen molar-refractivity contribution in [2.45, 2.75) is 32.3 Å². The van der Waals surface area contributed by atoms with Crippen LogP contribution in [0.25, 0.3) is 0 Å². The van der Waals surface area contributed by atoms with E-state index in [0.29, 0.717) is 5.56 Å². The molecule has 1 aromatic carbocycles. The predicted octanol–water partition coefficient (Wildman–Crippen LogP) is 3.04. The number of carbonyl (C=O) groups is 1. The van der Waals surface area contributed by atoms with E-state index in [1.54, 1.807) is 6.07 Å². The number of amides is 1. The standard InChI is InChI=1S/C17H21NO3/c1-17(2,3)14-6-4-12(5-7-14)15(19)10-18-16(20)13-8-9-21-11-13/h4-9,11,15,19H,10H2,1-3H3,(H,18,20).